The van der Waals surface area contributed by atoms with E-state index in [0.29, 0.717) is 16.9 Å². The Labute approximate surface area is 119 Å². The van der Waals surface area contributed by atoms with Crippen molar-refractivity contribution in [2.45, 2.75) is 71.9 Å². The summed E-state index contributed by atoms with van der Waals surface area (Å²) in [6.45, 7) is 13.8. The minimum atomic E-state index is 0.492. The first-order valence-electron chi connectivity index (χ1n) is 8.40. The van der Waals surface area contributed by atoms with Crippen LogP contribution >= 0.6 is 0 Å². The Morgan fingerprint density at radius 3 is 2.47 bits per heavy atom. The van der Waals surface area contributed by atoms with Crippen molar-refractivity contribution >= 4 is 0 Å². The molecule has 2 saturated carbocycles. The quantitative estimate of drug-likeness (QED) is 0.838. The highest BCUT2D eigenvalue weighted by molar-refractivity contribution is 5.12. The summed E-state index contributed by atoms with van der Waals surface area (Å²) >= 11 is 0. The molecule has 0 aromatic carbocycles. The predicted octanol–water partition coefficient (Wildman–Crippen LogP) is 3.28. The standard InChI is InChI=1S/C17H32N2/c1-13(12-19-9-5-6-10-19)18-15-16(2,3)14-7-8-17(15,4)11-14/h13-15,18H,5-12H2,1-4H3. The first-order valence-corrected chi connectivity index (χ1v) is 8.40. The van der Waals surface area contributed by atoms with E-state index in [1.807, 2.05) is 0 Å². The van der Waals surface area contributed by atoms with E-state index in [1.165, 1.54) is 51.7 Å². The molecule has 110 valence electrons. The normalized spacial score (nSPS) is 42.9. The lowest BCUT2D eigenvalue weighted by Gasteiger charge is -2.45. The van der Waals surface area contributed by atoms with Gasteiger partial charge in [-0.2, -0.15) is 0 Å². The molecule has 4 unspecified atom stereocenters. The smallest absolute Gasteiger partial charge is 0.0178 e. The molecule has 3 rings (SSSR count). The van der Waals surface area contributed by atoms with E-state index in [2.05, 4.69) is 37.9 Å². The number of hydrogen-bond acceptors (Lipinski definition) is 2. The molecule has 1 N–H and O–H groups in total. The van der Waals surface area contributed by atoms with Crippen LogP contribution in [0.4, 0.5) is 0 Å². The molecule has 2 bridgehead atoms. The molecule has 0 aromatic rings. The fraction of sp³-hybridized carbons (Fsp3) is 1.00. The van der Waals surface area contributed by atoms with Crippen LogP contribution in [0.5, 0.6) is 0 Å². The molecule has 1 heterocycles. The second kappa shape index (κ2) is 4.73. The molecular formula is C17H32N2. The van der Waals surface area contributed by atoms with Crippen molar-refractivity contribution in [1.82, 2.24) is 10.2 Å². The maximum Gasteiger partial charge on any atom is 0.0178 e. The third-order valence-corrected chi connectivity index (χ3v) is 6.45. The second-order valence-electron chi connectivity index (χ2n) is 8.42. The zero-order valence-corrected chi connectivity index (χ0v) is 13.3. The maximum absolute atomic E-state index is 4.03. The van der Waals surface area contributed by atoms with Gasteiger partial charge in [-0.05, 0) is 68.9 Å². The Hall–Kier alpha value is -0.0800. The first kappa shape index (κ1) is 13.9. The fourth-order valence-electron chi connectivity index (χ4n) is 5.41. The van der Waals surface area contributed by atoms with E-state index in [9.17, 15) is 0 Å². The van der Waals surface area contributed by atoms with Crippen LogP contribution in [0.2, 0.25) is 0 Å². The van der Waals surface area contributed by atoms with Crippen molar-refractivity contribution in [3.63, 3.8) is 0 Å². The van der Waals surface area contributed by atoms with Gasteiger partial charge in [0.2, 0.25) is 0 Å². The lowest BCUT2D eigenvalue weighted by Crippen LogP contribution is -2.55. The highest BCUT2D eigenvalue weighted by Crippen LogP contribution is 2.62. The third kappa shape index (κ3) is 2.35. The van der Waals surface area contributed by atoms with Crippen molar-refractivity contribution in [2.75, 3.05) is 19.6 Å². The summed E-state index contributed by atoms with van der Waals surface area (Å²) in [4.78, 5) is 2.64. The van der Waals surface area contributed by atoms with Crippen molar-refractivity contribution in [2.24, 2.45) is 16.7 Å². The number of hydrogen-bond donors (Lipinski definition) is 1. The Morgan fingerprint density at radius 2 is 1.89 bits per heavy atom. The summed E-state index contributed by atoms with van der Waals surface area (Å²) in [7, 11) is 0. The average molecular weight is 264 g/mol. The third-order valence-electron chi connectivity index (χ3n) is 6.45. The molecular weight excluding hydrogens is 232 g/mol. The molecule has 0 radical (unpaired) electrons. The monoisotopic (exact) mass is 264 g/mol. The van der Waals surface area contributed by atoms with Crippen LogP contribution < -0.4 is 5.32 Å². The summed E-state index contributed by atoms with van der Waals surface area (Å²) in [6, 6.07) is 1.36. The molecule has 1 aliphatic heterocycles. The number of fused-ring (bicyclic) bond motifs is 2. The summed E-state index contributed by atoms with van der Waals surface area (Å²) in [5.41, 5.74) is 1.06. The van der Waals surface area contributed by atoms with Crippen LogP contribution in [-0.4, -0.2) is 36.6 Å². The zero-order chi connectivity index (χ0) is 13.7. The van der Waals surface area contributed by atoms with Crippen molar-refractivity contribution in [1.29, 1.82) is 0 Å². The van der Waals surface area contributed by atoms with Gasteiger partial charge in [-0.15, -0.1) is 0 Å². The minimum Gasteiger partial charge on any atom is -0.309 e. The molecule has 0 spiro atoms. The van der Waals surface area contributed by atoms with Gasteiger partial charge in [0.25, 0.3) is 0 Å². The van der Waals surface area contributed by atoms with Crippen molar-refractivity contribution in [3.05, 3.63) is 0 Å². The number of rotatable bonds is 4. The van der Waals surface area contributed by atoms with Crippen LogP contribution in [0.25, 0.3) is 0 Å². The van der Waals surface area contributed by atoms with Crippen LogP contribution in [0.15, 0.2) is 0 Å². The van der Waals surface area contributed by atoms with Gasteiger partial charge in [0.1, 0.15) is 0 Å². The van der Waals surface area contributed by atoms with Crippen molar-refractivity contribution in [3.8, 4) is 0 Å². The molecule has 2 aliphatic carbocycles. The molecule has 2 nitrogen and oxygen atoms in total. The molecule has 0 amide bonds. The summed E-state index contributed by atoms with van der Waals surface area (Å²) in [5.74, 6) is 0.953. The molecule has 19 heavy (non-hydrogen) atoms. The molecule has 3 fully saturated rings. The van der Waals surface area contributed by atoms with Gasteiger partial charge in [-0.1, -0.05) is 20.8 Å². The SMILES string of the molecule is CC(CN1CCCC1)NC1C2(C)CCC(C2)C1(C)C. The molecule has 3 aliphatic rings. The van der Waals surface area contributed by atoms with Gasteiger partial charge in [0.05, 0.1) is 0 Å². The van der Waals surface area contributed by atoms with Crippen LogP contribution in [0.1, 0.15) is 59.8 Å². The molecule has 0 aromatic heterocycles. The van der Waals surface area contributed by atoms with Crippen molar-refractivity contribution < 1.29 is 0 Å². The second-order valence-corrected chi connectivity index (χ2v) is 8.42. The Bertz CT molecular complexity index is 327. The minimum absolute atomic E-state index is 0.492. The fourth-order valence-corrected chi connectivity index (χ4v) is 5.41. The Balaban J connectivity index is 1.62. The molecule has 2 heteroatoms. The maximum atomic E-state index is 4.03. The van der Waals surface area contributed by atoms with Crippen LogP contribution in [0.3, 0.4) is 0 Å². The van der Waals surface area contributed by atoms with Gasteiger partial charge in [-0.25, -0.2) is 0 Å². The van der Waals surface area contributed by atoms with Gasteiger partial charge in [0.15, 0.2) is 0 Å². The highest BCUT2D eigenvalue weighted by atomic mass is 15.2. The number of nitrogens with one attached hydrogen (secondary N) is 1. The van der Waals surface area contributed by atoms with Gasteiger partial charge in [0, 0.05) is 18.6 Å². The topological polar surface area (TPSA) is 15.3 Å². The Morgan fingerprint density at radius 1 is 1.21 bits per heavy atom. The van der Waals surface area contributed by atoms with E-state index in [4.69, 9.17) is 0 Å². The summed E-state index contributed by atoms with van der Waals surface area (Å²) in [6.07, 6.45) is 7.16. The van der Waals surface area contributed by atoms with E-state index >= 15 is 0 Å². The van der Waals surface area contributed by atoms with E-state index in [1.54, 1.807) is 0 Å². The number of nitrogens with zero attached hydrogens (tertiary/aromatic N) is 1. The van der Waals surface area contributed by atoms with Gasteiger partial charge in [-0.3, -0.25) is 0 Å². The molecule has 1 saturated heterocycles. The summed E-state index contributed by atoms with van der Waals surface area (Å²) < 4.78 is 0. The molecule has 4 atom stereocenters. The highest BCUT2D eigenvalue weighted by Gasteiger charge is 2.59. The van der Waals surface area contributed by atoms with Gasteiger partial charge < -0.3 is 10.2 Å². The Kier molecular flexibility index (Phi) is 3.46. The van der Waals surface area contributed by atoms with Crippen LogP contribution in [-0.2, 0) is 0 Å². The van der Waals surface area contributed by atoms with Crippen LogP contribution in [0, 0.1) is 16.7 Å². The lowest BCUT2D eigenvalue weighted by atomic mass is 9.68. The zero-order valence-electron chi connectivity index (χ0n) is 13.3. The van der Waals surface area contributed by atoms with E-state index in [-0.39, 0.29) is 0 Å². The van der Waals surface area contributed by atoms with E-state index < -0.39 is 0 Å². The number of likely N-dealkylation sites (tertiary alicyclic amines) is 1. The average Bonchev–Trinajstić information content (AvgIpc) is 2.98. The lowest BCUT2D eigenvalue weighted by molar-refractivity contribution is 0.0949. The van der Waals surface area contributed by atoms with Gasteiger partial charge >= 0.3 is 0 Å². The predicted molar refractivity (Wildman–Crippen MR) is 81.3 cm³/mol. The first-order chi connectivity index (χ1) is 8.92. The summed E-state index contributed by atoms with van der Waals surface area (Å²) in [5, 5.41) is 4.03. The largest absolute Gasteiger partial charge is 0.309 e. The van der Waals surface area contributed by atoms with E-state index in [0.717, 1.165) is 12.0 Å².